The van der Waals surface area contributed by atoms with Gasteiger partial charge >= 0.3 is 0 Å². The lowest BCUT2D eigenvalue weighted by molar-refractivity contribution is 1.20. The zero-order valence-corrected chi connectivity index (χ0v) is 26.7. The Kier molecular flexibility index (Phi) is 5.71. The first kappa shape index (κ1) is 26.5. The maximum absolute atomic E-state index is 10.4. The van der Waals surface area contributed by atoms with Crippen LogP contribution in [0.15, 0.2) is 146 Å². The maximum Gasteiger partial charge on any atom is 0.101 e. The van der Waals surface area contributed by atoms with E-state index in [0.717, 1.165) is 26.9 Å². The number of para-hydroxylation sites is 1. The summed E-state index contributed by atoms with van der Waals surface area (Å²) in [5.74, 6) is 0. The van der Waals surface area contributed by atoms with Gasteiger partial charge in [-0.1, -0.05) is 97.1 Å². The minimum absolute atomic E-state index is 0.716. The van der Waals surface area contributed by atoms with Crippen molar-refractivity contribution < 1.29 is 0 Å². The van der Waals surface area contributed by atoms with Crippen LogP contribution in [0.2, 0.25) is 0 Å². The van der Waals surface area contributed by atoms with Crippen molar-refractivity contribution >= 4 is 84.8 Å². The van der Waals surface area contributed by atoms with Crippen LogP contribution >= 0.6 is 22.7 Å². The second-order valence-corrected chi connectivity index (χ2v) is 14.1. The van der Waals surface area contributed by atoms with E-state index >= 15 is 0 Å². The molecule has 0 aliphatic carbocycles. The summed E-state index contributed by atoms with van der Waals surface area (Å²) in [6.45, 7) is 0. The lowest BCUT2D eigenvalue weighted by atomic mass is 9.98. The zero-order valence-electron chi connectivity index (χ0n) is 25.1. The van der Waals surface area contributed by atoms with Crippen molar-refractivity contribution in [2.24, 2.45) is 0 Å². The summed E-state index contributed by atoms with van der Waals surface area (Å²) in [4.78, 5) is 0. The standard InChI is InChI=1S/C43H24N2S2/c44-25-30-21-29(27-18-20-41-35(22-27)33-12-5-7-16-40(33)46-41)23-36-34-13-8-15-38(43(34)47-42(30)36)45-37-14-6-4-11-31(37)32-19-17-28(24-39(32)45)26-9-2-1-3-10-26/h1-24H. The molecule has 2 nitrogen and oxygen atoms in total. The quantitative estimate of drug-likeness (QED) is 0.190. The number of aromatic nitrogens is 1. The molecule has 0 bridgehead atoms. The fourth-order valence-electron chi connectivity index (χ4n) is 7.26. The predicted octanol–water partition coefficient (Wildman–Crippen LogP) is 12.7. The van der Waals surface area contributed by atoms with Gasteiger partial charge in [-0.05, 0) is 70.8 Å². The average molecular weight is 633 g/mol. The average Bonchev–Trinajstić information content (AvgIpc) is 3.80. The first-order chi connectivity index (χ1) is 23.2. The van der Waals surface area contributed by atoms with E-state index in [1.165, 1.54) is 63.2 Å². The molecule has 3 heterocycles. The molecule has 47 heavy (non-hydrogen) atoms. The number of benzene rings is 7. The van der Waals surface area contributed by atoms with Gasteiger partial charge in [-0.15, -0.1) is 22.7 Å². The zero-order chi connectivity index (χ0) is 31.1. The van der Waals surface area contributed by atoms with Gasteiger partial charge in [0.2, 0.25) is 0 Å². The van der Waals surface area contributed by atoms with E-state index in [4.69, 9.17) is 0 Å². The summed E-state index contributed by atoms with van der Waals surface area (Å²) in [7, 11) is 0. The monoisotopic (exact) mass is 632 g/mol. The third-order valence-electron chi connectivity index (χ3n) is 9.43. The molecular weight excluding hydrogens is 609 g/mol. The van der Waals surface area contributed by atoms with E-state index in [0.29, 0.717) is 5.56 Å². The Balaban J connectivity index is 1.23. The van der Waals surface area contributed by atoms with Crippen molar-refractivity contribution in [3.8, 4) is 34.0 Å². The van der Waals surface area contributed by atoms with E-state index in [-0.39, 0.29) is 0 Å². The SMILES string of the molecule is N#Cc1cc(-c2ccc3sc4ccccc4c3c2)cc2c1sc1c(-n3c4ccccc4c4ccc(-c5ccccc5)cc43)cccc12. The number of thiophene rings is 2. The van der Waals surface area contributed by atoms with Gasteiger partial charge in [0.25, 0.3) is 0 Å². The van der Waals surface area contributed by atoms with Crippen LogP contribution in [-0.2, 0) is 0 Å². The van der Waals surface area contributed by atoms with Gasteiger partial charge in [-0.25, -0.2) is 0 Å². The van der Waals surface area contributed by atoms with Gasteiger partial charge in [0, 0.05) is 41.7 Å². The van der Waals surface area contributed by atoms with Crippen molar-refractivity contribution in [1.29, 1.82) is 5.26 Å². The van der Waals surface area contributed by atoms with E-state index in [9.17, 15) is 5.26 Å². The smallest absolute Gasteiger partial charge is 0.101 e. The van der Waals surface area contributed by atoms with Gasteiger partial charge in [0.15, 0.2) is 0 Å². The van der Waals surface area contributed by atoms with Crippen LogP contribution in [0, 0.1) is 11.3 Å². The van der Waals surface area contributed by atoms with Crippen molar-refractivity contribution in [2.45, 2.75) is 0 Å². The van der Waals surface area contributed by atoms with Crippen molar-refractivity contribution in [1.82, 2.24) is 4.57 Å². The Bertz CT molecular complexity index is 2920. The molecule has 218 valence electrons. The summed E-state index contributed by atoms with van der Waals surface area (Å²) in [5, 5.41) is 17.8. The molecule has 0 unspecified atom stereocenters. The summed E-state index contributed by atoms with van der Waals surface area (Å²) in [5.41, 5.74) is 8.80. The molecule has 3 aromatic heterocycles. The third-order valence-corrected chi connectivity index (χ3v) is 11.9. The molecule has 10 aromatic rings. The van der Waals surface area contributed by atoms with Crippen LogP contribution in [0.1, 0.15) is 5.56 Å². The molecule has 0 atom stereocenters. The van der Waals surface area contributed by atoms with Crippen LogP contribution in [0.25, 0.3) is 90.1 Å². The summed E-state index contributed by atoms with van der Waals surface area (Å²) in [6, 6.07) is 54.9. The van der Waals surface area contributed by atoms with Gasteiger partial charge < -0.3 is 4.57 Å². The summed E-state index contributed by atoms with van der Waals surface area (Å²) < 4.78 is 7.21. The molecule has 0 spiro atoms. The van der Waals surface area contributed by atoms with Crippen LogP contribution in [0.3, 0.4) is 0 Å². The molecule has 10 rings (SSSR count). The van der Waals surface area contributed by atoms with E-state index in [2.05, 4.69) is 156 Å². The molecule has 0 aliphatic rings. The topological polar surface area (TPSA) is 28.7 Å². The lowest BCUT2D eigenvalue weighted by Crippen LogP contribution is -1.94. The van der Waals surface area contributed by atoms with E-state index in [1.54, 1.807) is 11.3 Å². The Hall–Kier alpha value is -5.73. The molecule has 7 aromatic carbocycles. The molecule has 0 fully saturated rings. The Morgan fingerprint density at radius 3 is 2.02 bits per heavy atom. The molecular formula is C43H24N2S2. The molecule has 0 saturated carbocycles. The molecule has 0 N–H and O–H groups in total. The number of fused-ring (bicyclic) bond motifs is 9. The maximum atomic E-state index is 10.4. The van der Waals surface area contributed by atoms with Gasteiger partial charge in [-0.3, -0.25) is 0 Å². The lowest BCUT2D eigenvalue weighted by Gasteiger charge is -2.10. The molecule has 0 aliphatic heterocycles. The highest BCUT2D eigenvalue weighted by atomic mass is 32.1. The van der Waals surface area contributed by atoms with Crippen LogP contribution < -0.4 is 0 Å². The number of rotatable bonds is 3. The normalized spacial score (nSPS) is 11.8. The summed E-state index contributed by atoms with van der Waals surface area (Å²) in [6.07, 6.45) is 0. The molecule has 0 saturated heterocycles. The van der Waals surface area contributed by atoms with Gasteiger partial charge in [0.1, 0.15) is 6.07 Å². The van der Waals surface area contributed by atoms with Crippen LogP contribution in [0.5, 0.6) is 0 Å². The highest BCUT2D eigenvalue weighted by Crippen LogP contribution is 2.44. The van der Waals surface area contributed by atoms with E-state index in [1.807, 2.05) is 11.3 Å². The minimum atomic E-state index is 0.716. The van der Waals surface area contributed by atoms with Gasteiger partial charge in [0.05, 0.1) is 31.7 Å². The fourth-order valence-corrected chi connectivity index (χ4v) is 9.59. The van der Waals surface area contributed by atoms with Crippen molar-refractivity contribution in [3.05, 3.63) is 151 Å². The predicted molar refractivity (Wildman–Crippen MR) is 202 cm³/mol. The van der Waals surface area contributed by atoms with Gasteiger partial charge in [-0.2, -0.15) is 5.26 Å². The molecule has 0 radical (unpaired) electrons. The number of nitriles is 1. The Labute approximate surface area is 278 Å². The molecule has 0 amide bonds. The Morgan fingerprint density at radius 2 is 1.13 bits per heavy atom. The van der Waals surface area contributed by atoms with Crippen molar-refractivity contribution in [3.63, 3.8) is 0 Å². The number of hydrogen-bond acceptors (Lipinski definition) is 3. The van der Waals surface area contributed by atoms with Crippen molar-refractivity contribution in [2.75, 3.05) is 0 Å². The molecule has 4 heteroatoms. The second-order valence-electron chi connectivity index (χ2n) is 12.0. The second kappa shape index (κ2) is 10.1. The Morgan fingerprint density at radius 1 is 0.426 bits per heavy atom. The highest BCUT2D eigenvalue weighted by Gasteiger charge is 2.19. The number of hydrogen-bond donors (Lipinski definition) is 0. The van der Waals surface area contributed by atoms with Crippen LogP contribution in [0.4, 0.5) is 0 Å². The first-order valence-electron chi connectivity index (χ1n) is 15.7. The largest absolute Gasteiger partial charge is 0.308 e. The summed E-state index contributed by atoms with van der Waals surface area (Å²) >= 11 is 3.55. The third kappa shape index (κ3) is 3.95. The highest BCUT2D eigenvalue weighted by molar-refractivity contribution is 7.26. The van der Waals surface area contributed by atoms with E-state index < -0.39 is 0 Å². The van der Waals surface area contributed by atoms with Crippen LogP contribution in [-0.4, -0.2) is 4.57 Å². The fraction of sp³-hybridized carbons (Fsp3) is 0. The number of nitrogens with zero attached hydrogens (tertiary/aromatic N) is 2. The first-order valence-corrected chi connectivity index (χ1v) is 17.3. The minimum Gasteiger partial charge on any atom is -0.308 e.